The van der Waals surface area contributed by atoms with E-state index in [1.165, 1.54) is 11.4 Å². The van der Waals surface area contributed by atoms with Crippen LogP contribution in [0.1, 0.15) is 13.8 Å². The Balaban J connectivity index is 2.87. The maximum atomic E-state index is 3.32. The molecule has 3 heteroatoms. The van der Waals surface area contributed by atoms with Crippen LogP contribution in [0.3, 0.4) is 0 Å². The minimum atomic E-state index is -1.25. The second-order valence-corrected chi connectivity index (χ2v) is 9.87. The molecule has 16 heavy (non-hydrogen) atoms. The lowest BCUT2D eigenvalue weighted by Gasteiger charge is -2.35. The topological polar surface area (TPSA) is 15.3 Å². The molecule has 1 aromatic carbocycles. The smallest absolute Gasteiger partial charge is 0.147 e. The molecule has 0 amide bonds. The average Bonchev–Trinajstić information content (AvgIpc) is 2.20. The van der Waals surface area contributed by atoms with Crippen LogP contribution < -0.4 is 9.88 Å². The Labute approximate surface area is 101 Å². The van der Waals surface area contributed by atoms with Crippen LogP contribution in [0.5, 0.6) is 0 Å². The summed E-state index contributed by atoms with van der Waals surface area (Å²) < 4.78 is 2.54. The van der Waals surface area contributed by atoms with Gasteiger partial charge in [-0.25, -0.2) is 0 Å². The van der Waals surface area contributed by atoms with Crippen LogP contribution in [-0.4, -0.2) is 21.3 Å². The number of benzene rings is 1. The Bertz CT molecular complexity index is 314. The molecule has 1 aromatic rings. The van der Waals surface area contributed by atoms with Crippen LogP contribution >= 0.6 is 0 Å². The van der Waals surface area contributed by atoms with Crippen LogP contribution in [0, 0.1) is 0 Å². The molecule has 0 spiro atoms. The van der Waals surface area contributed by atoms with Gasteiger partial charge in [-0.15, -0.1) is 0 Å². The highest BCUT2D eigenvalue weighted by Crippen LogP contribution is 2.23. The molecule has 0 bridgehead atoms. The maximum absolute atomic E-state index is 3.32. The van der Waals surface area contributed by atoms with Crippen molar-refractivity contribution in [1.82, 2.24) is 0 Å². The van der Waals surface area contributed by atoms with E-state index in [9.17, 15) is 0 Å². The molecule has 1 N–H and O–H groups in total. The molecule has 0 unspecified atom stereocenters. The van der Waals surface area contributed by atoms with Crippen molar-refractivity contribution in [1.29, 1.82) is 0 Å². The minimum absolute atomic E-state index is 0.977. The molecule has 0 atom stereocenters. The molecule has 2 nitrogen and oxygen atoms in total. The molecule has 0 radical (unpaired) electrons. The van der Waals surface area contributed by atoms with E-state index in [2.05, 4.69) is 67.6 Å². The fourth-order valence-corrected chi connectivity index (χ4v) is 3.88. The van der Waals surface area contributed by atoms with E-state index in [4.69, 9.17) is 0 Å². The van der Waals surface area contributed by atoms with Gasteiger partial charge >= 0.3 is 0 Å². The molecule has 90 valence electrons. The third-order valence-corrected chi connectivity index (χ3v) is 4.88. The zero-order valence-electron chi connectivity index (χ0n) is 11.2. The van der Waals surface area contributed by atoms with Crippen molar-refractivity contribution in [2.75, 3.05) is 23.0 Å². The molecule has 0 heterocycles. The quantitative estimate of drug-likeness (QED) is 0.783. The van der Waals surface area contributed by atoms with Crippen molar-refractivity contribution in [2.24, 2.45) is 0 Å². The predicted molar refractivity (Wildman–Crippen MR) is 77.0 cm³/mol. The number of hydrogen-bond donors (Lipinski definition) is 1. The molecule has 0 aliphatic heterocycles. The Morgan fingerprint density at radius 3 is 2.00 bits per heavy atom. The molecule has 1 rings (SSSR count). The van der Waals surface area contributed by atoms with Gasteiger partial charge in [0.05, 0.1) is 0 Å². The van der Waals surface area contributed by atoms with Crippen molar-refractivity contribution in [3.63, 3.8) is 0 Å². The first-order valence-corrected chi connectivity index (χ1v) is 9.55. The van der Waals surface area contributed by atoms with Crippen LogP contribution in [0.2, 0.25) is 19.6 Å². The standard InChI is InChI=1S/C13H24N2Si/c1-6-14-12-8-10-13(11-9-12)15(7-2)16(3,4)5/h8-11,14H,6-7H2,1-5H3. The second-order valence-electron chi connectivity index (χ2n) is 4.99. The van der Waals surface area contributed by atoms with E-state index in [0.717, 1.165) is 13.1 Å². The largest absolute Gasteiger partial charge is 0.398 e. The first-order valence-electron chi connectivity index (χ1n) is 6.10. The van der Waals surface area contributed by atoms with Crippen molar-refractivity contribution in [3.8, 4) is 0 Å². The van der Waals surface area contributed by atoms with Gasteiger partial charge in [0.1, 0.15) is 8.24 Å². The van der Waals surface area contributed by atoms with Gasteiger partial charge in [-0.2, -0.15) is 0 Å². The van der Waals surface area contributed by atoms with E-state index in [0.29, 0.717) is 0 Å². The second kappa shape index (κ2) is 5.39. The normalized spacial score (nSPS) is 11.3. The SMILES string of the molecule is CCNc1ccc(N(CC)[Si](C)(C)C)cc1. The summed E-state index contributed by atoms with van der Waals surface area (Å²) in [7, 11) is -1.25. The molecule has 0 fully saturated rings. The third kappa shape index (κ3) is 3.27. The number of rotatable bonds is 5. The fraction of sp³-hybridized carbons (Fsp3) is 0.538. The van der Waals surface area contributed by atoms with Crippen LogP contribution in [0.15, 0.2) is 24.3 Å². The molecular weight excluding hydrogens is 212 g/mol. The lowest BCUT2D eigenvalue weighted by atomic mass is 10.3. The van der Waals surface area contributed by atoms with Crippen molar-refractivity contribution in [2.45, 2.75) is 33.5 Å². The van der Waals surface area contributed by atoms with Gasteiger partial charge in [0, 0.05) is 24.5 Å². The summed E-state index contributed by atoms with van der Waals surface area (Å²) >= 11 is 0. The summed E-state index contributed by atoms with van der Waals surface area (Å²) in [6.45, 7) is 13.6. The summed E-state index contributed by atoms with van der Waals surface area (Å²) in [5.74, 6) is 0. The lowest BCUT2D eigenvalue weighted by Crippen LogP contribution is -2.46. The number of nitrogens with one attached hydrogen (secondary N) is 1. The zero-order chi connectivity index (χ0) is 12.2. The van der Waals surface area contributed by atoms with Crippen LogP contribution in [-0.2, 0) is 0 Å². The Morgan fingerprint density at radius 1 is 1.06 bits per heavy atom. The molecule has 0 aromatic heterocycles. The molecule has 0 saturated heterocycles. The molecule has 0 aliphatic rings. The average molecular weight is 236 g/mol. The van der Waals surface area contributed by atoms with Crippen molar-refractivity contribution < 1.29 is 0 Å². The first-order chi connectivity index (χ1) is 7.49. The zero-order valence-corrected chi connectivity index (χ0v) is 12.2. The van der Waals surface area contributed by atoms with Gasteiger partial charge < -0.3 is 9.88 Å². The van der Waals surface area contributed by atoms with Crippen LogP contribution in [0.25, 0.3) is 0 Å². The number of nitrogens with zero attached hydrogens (tertiary/aromatic N) is 1. The van der Waals surface area contributed by atoms with Crippen molar-refractivity contribution >= 4 is 19.6 Å². The summed E-state index contributed by atoms with van der Waals surface area (Å²) in [6, 6.07) is 8.78. The monoisotopic (exact) mass is 236 g/mol. The van der Waals surface area contributed by atoms with Crippen LogP contribution in [0.4, 0.5) is 11.4 Å². The van der Waals surface area contributed by atoms with E-state index >= 15 is 0 Å². The number of hydrogen-bond acceptors (Lipinski definition) is 2. The highest BCUT2D eigenvalue weighted by Gasteiger charge is 2.22. The van der Waals surface area contributed by atoms with Gasteiger partial charge in [-0.3, -0.25) is 0 Å². The Kier molecular flexibility index (Phi) is 4.41. The predicted octanol–water partition coefficient (Wildman–Crippen LogP) is 3.78. The van der Waals surface area contributed by atoms with Gasteiger partial charge in [0.2, 0.25) is 0 Å². The van der Waals surface area contributed by atoms with Gasteiger partial charge in [-0.05, 0) is 38.1 Å². The third-order valence-electron chi connectivity index (χ3n) is 2.69. The highest BCUT2D eigenvalue weighted by molar-refractivity contribution is 6.79. The van der Waals surface area contributed by atoms with Gasteiger partial charge in [0.25, 0.3) is 0 Å². The van der Waals surface area contributed by atoms with Gasteiger partial charge in [-0.1, -0.05) is 19.6 Å². The maximum Gasteiger partial charge on any atom is 0.147 e. The lowest BCUT2D eigenvalue weighted by molar-refractivity contribution is 1.05. The fourth-order valence-electron chi connectivity index (χ4n) is 2.01. The summed E-state index contributed by atoms with van der Waals surface area (Å²) in [4.78, 5) is 0. The summed E-state index contributed by atoms with van der Waals surface area (Å²) in [6.07, 6.45) is 0. The Hall–Kier alpha value is -0.963. The van der Waals surface area contributed by atoms with Crippen molar-refractivity contribution in [3.05, 3.63) is 24.3 Å². The Morgan fingerprint density at radius 2 is 1.62 bits per heavy atom. The highest BCUT2D eigenvalue weighted by atomic mass is 28.3. The summed E-state index contributed by atoms with van der Waals surface area (Å²) in [5.41, 5.74) is 2.56. The first kappa shape index (κ1) is 13.1. The minimum Gasteiger partial charge on any atom is -0.398 e. The van der Waals surface area contributed by atoms with E-state index in [1.54, 1.807) is 0 Å². The van der Waals surface area contributed by atoms with E-state index < -0.39 is 8.24 Å². The van der Waals surface area contributed by atoms with E-state index in [-0.39, 0.29) is 0 Å². The van der Waals surface area contributed by atoms with E-state index in [1.807, 2.05) is 0 Å². The molecular formula is C13H24N2Si. The van der Waals surface area contributed by atoms with Gasteiger partial charge in [0.15, 0.2) is 0 Å². The molecule has 0 aliphatic carbocycles. The number of anilines is 2. The molecule has 0 saturated carbocycles. The summed E-state index contributed by atoms with van der Waals surface area (Å²) in [5, 5.41) is 3.32.